The maximum atomic E-state index is 12.6. The third-order valence-electron chi connectivity index (χ3n) is 6.52. The van der Waals surface area contributed by atoms with Crippen LogP contribution in [0.3, 0.4) is 0 Å². The molecule has 1 saturated heterocycles. The lowest BCUT2D eigenvalue weighted by Gasteiger charge is -2.43. The Hall–Kier alpha value is -2.69. The highest BCUT2D eigenvalue weighted by Crippen LogP contribution is 2.52. The molecule has 2 aromatic carbocycles. The summed E-state index contributed by atoms with van der Waals surface area (Å²) in [5.41, 5.74) is 5.17. The highest BCUT2D eigenvalue weighted by atomic mass is 16.5. The Morgan fingerprint density at radius 3 is 2.43 bits per heavy atom. The minimum atomic E-state index is 0.125. The molecule has 5 nitrogen and oxygen atoms in total. The lowest BCUT2D eigenvalue weighted by atomic mass is 9.86. The molecular weight excluding hydrogens is 352 g/mol. The fraction of sp³-hybridized carbons (Fsp3) is 0.435. The van der Waals surface area contributed by atoms with Gasteiger partial charge in [-0.25, -0.2) is 0 Å². The van der Waals surface area contributed by atoms with E-state index in [-0.39, 0.29) is 18.0 Å². The van der Waals surface area contributed by atoms with Crippen molar-refractivity contribution in [3.8, 4) is 11.5 Å². The third kappa shape index (κ3) is 2.49. The predicted molar refractivity (Wildman–Crippen MR) is 108 cm³/mol. The first kappa shape index (κ1) is 17.4. The molecular formula is C23H26N2O3. The molecule has 1 amide bonds. The molecule has 2 aromatic rings. The van der Waals surface area contributed by atoms with Crippen molar-refractivity contribution in [2.24, 2.45) is 0 Å². The number of rotatable bonds is 4. The number of para-hydroxylation sites is 2. The number of hydrogen-bond donors (Lipinski definition) is 0. The SMILES string of the molecule is COc1cccc(C2CC(N3CCCC3=O)c3cccc4c3N2CC4)c1OC. The van der Waals surface area contributed by atoms with E-state index < -0.39 is 0 Å². The highest BCUT2D eigenvalue weighted by molar-refractivity contribution is 5.80. The van der Waals surface area contributed by atoms with Gasteiger partial charge in [-0.05, 0) is 36.5 Å². The van der Waals surface area contributed by atoms with E-state index in [0.29, 0.717) is 6.42 Å². The summed E-state index contributed by atoms with van der Waals surface area (Å²) in [4.78, 5) is 17.2. The van der Waals surface area contributed by atoms with E-state index in [0.717, 1.165) is 49.4 Å². The largest absolute Gasteiger partial charge is 0.493 e. The van der Waals surface area contributed by atoms with E-state index in [1.165, 1.54) is 16.8 Å². The first-order valence-electron chi connectivity index (χ1n) is 10.1. The molecule has 0 saturated carbocycles. The van der Waals surface area contributed by atoms with Crippen molar-refractivity contribution in [3.63, 3.8) is 0 Å². The van der Waals surface area contributed by atoms with Gasteiger partial charge < -0.3 is 19.3 Å². The topological polar surface area (TPSA) is 42.0 Å². The molecule has 3 heterocycles. The summed E-state index contributed by atoms with van der Waals surface area (Å²) in [6, 6.07) is 13.0. The van der Waals surface area contributed by atoms with Crippen LogP contribution in [0.25, 0.3) is 0 Å². The summed E-state index contributed by atoms with van der Waals surface area (Å²) in [7, 11) is 3.38. The van der Waals surface area contributed by atoms with Gasteiger partial charge in [-0.3, -0.25) is 4.79 Å². The Morgan fingerprint density at radius 2 is 1.68 bits per heavy atom. The summed E-state index contributed by atoms with van der Waals surface area (Å²) < 4.78 is 11.3. The van der Waals surface area contributed by atoms with Crippen molar-refractivity contribution < 1.29 is 14.3 Å². The van der Waals surface area contributed by atoms with E-state index in [2.05, 4.69) is 34.1 Å². The molecule has 2 unspecified atom stereocenters. The second-order valence-corrected chi connectivity index (χ2v) is 7.84. The fourth-order valence-corrected chi connectivity index (χ4v) is 5.33. The molecule has 0 bridgehead atoms. The van der Waals surface area contributed by atoms with Crippen molar-refractivity contribution in [3.05, 3.63) is 53.1 Å². The van der Waals surface area contributed by atoms with E-state index in [1.54, 1.807) is 14.2 Å². The first-order valence-corrected chi connectivity index (χ1v) is 10.1. The maximum Gasteiger partial charge on any atom is 0.223 e. The van der Waals surface area contributed by atoms with Crippen molar-refractivity contribution in [2.75, 3.05) is 32.2 Å². The molecule has 0 N–H and O–H groups in total. The molecule has 3 aliphatic rings. The lowest BCUT2D eigenvalue weighted by molar-refractivity contribution is -0.130. The van der Waals surface area contributed by atoms with Gasteiger partial charge in [-0.2, -0.15) is 0 Å². The molecule has 146 valence electrons. The molecule has 0 aliphatic carbocycles. The van der Waals surface area contributed by atoms with Gasteiger partial charge >= 0.3 is 0 Å². The molecule has 1 fully saturated rings. The van der Waals surface area contributed by atoms with Crippen LogP contribution >= 0.6 is 0 Å². The number of carbonyl (C=O) groups excluding carboxylic acids is 1. The van der Waals surface area contributed by atoms with Crippen LogP contribution in [-0.4, -0.2) is 38.1 Å². The number of likely N-dealkylation sites (tertiary alicyclic amines) is 1. The average Bonchev–Trinajstić information content (AvgIpc) is 3.35. The van der Waals surface area contributed by atoms with Gasteiger partial charge in [0.25, 0.3) is 0 Å². The van der Waals surface area contributed by atoms with Gasteiger partial charge in [0.05, 0.1) is 26.3 Å². The summed E-state index contributed by atoms with van der Waals surface area (Å²) in [5.74, 6) is 1.84. The highest BCUT2D eigenvalue weighted by Gasteiger charge is 2.42. The Balaban J connectivity index is 1.65. The number of hydrogen-bond acceptors (Lipinski definition) is 4. The quantitative estimate of drug-likeness (QED) is 0.810. The Bertz CT molecular complexity index is 926. The number of benzene rings is 2. The Kier molecular flexibility index (Phi) is 4.18. The zero-order valence-corrected chi connectivity index (χ0v) is 16.5. The standard InChI is InChI=1S/C23H26N2O3/c1-27-20-9-4-8-17(23(20)28-2)19-14-18(24-12-5-10-21(24)26)16-7-3-6-15-11-13-25(19)22(15)16/h3-4,6-9,18-19H,5,10-14H2,1-2H3. The van der Waals surface area contributed by atoms with Crippen molar-refractivity contribution in [1.29, 1.82) is 0 Å². The van der Waals surface area contributed by atoms with Gasteiger partial charge in [-0.15, -0.1) is 0 Å². The molecule has 5 heteroatoms. The molecule has 28 heavy (non-hydrogen) atoms. The van der Waals surface area contributed by atoms with Crippen molar-refractivity contribution in [2.45, 2.75) is 37.8 Å². The van der Waals surface area contributed by atoms with Crippen LogP contribution < -0.4 is 14.4 Å². The molecule has 5 rings (SSSR count). The summed E-state index contributed by atoms with van der Waals surface area (Å²) in [6.07, 6.45) is 3.56. The van der Waals surface area contributed by atoms with Crippen LogP contribution in [0.1, 0.15) is 48.0 Å². The van der Waals surface area contributed by atoms with E-state index >= 15 is 0 Å². The lowest BCUT2D eigenvalue weighted by Crippen LogP contribution is -2.39. The Morgan fingerprint density at radius 1 is 0.893 bits per heavy atom. The van der Waals surface area contributed by atoms with Gasteiger partial charge in [0.1, 0.15) is 0 Å². The van der Waals surface area contributed by atoms with Crippen molar-refractivity contribution in [1.82, 2.24) is 4.90 Å². The van der Waals surface area contributed by atoms with Crippen molar-refractivity contribution >= 4 is 11.6 Å². The number of carbonyl (C=O) groups is 1. The predicted octanol–water partition coefficient (Wildman–Crippen LogP) is 3.87. The summed E-state index contributed by atoms with van der Waals surface area (Å²) >= 11 is 0. The van der Waals surface area contributed by atoms with Crippen LogP contribution in [0.5, 0.6) is 11.5 Å². The third-order valence-corrected chi connectivity index (χ3v) is 6.52. The second kappa shape index (κ2) is 6.73. The molecule has 0 spiro atoms. The number of methoxy groups -OCH3 is 2. The van der Waals surface area contributed by atoms with Crippen LogP contribution in [-0.2, 0) is 11.2 Å². The van der Waals surface area contributed by atoms with Gasteiger partial charge in [-0.1, -0.05) is 30.3 Å². The number of ether oxygens (including phenoxy) is 2. The van der Waals surface area contributed by atoms with E-state index in [1.807, 2.05) is 12.1 Å². The van der Waals surface area contributed by atoms with Gasteiger partial charge in [0, 0.05) is 30.8 Å². The molecule has 3 aliphatic heterocycles. The fourth-order valence-electron chi connectivity index (χ4n) is 5.33. The number of amides is 1. The molecule has 2 atom stereocenters. The minimum absolute atomic E-state index is 0.125. The second-order valence-electron chi connectivity index (χ2n) is 7.84. The van der Waals surface area contributed by atoms with E-state index in [9.17, 15) is 4.79 Å². The normalized spacial score (nSPS) is 23.1. The minimum Gasteiger partial charge on any atom is -0.493 e. The van der Waals surface area contributed by atoms with Gasteiger partial charge in [0.15, 0.2) is 11.5 Å². The van der Waals surface area contributed by atoms with Gasteiger partial charge in [0.2, 0.25) is 5.91 Å². The zero-order valence-electron chi connectivity index (χ0n) is 16.5. The first-order chi connectivity index (χ1) is 13.7. The van der Waals surface area contributed by atoms with E-state index in [4.69, 9.17) is 9.47 Å². The van der Waals surface area contributed by atoms with Crippen LogP contribution in [0, 0.1) is 0 Å². The number of anilines is 1. The molecule has 0 aromatic heterocycles. The average molecular weight is 378 g/mol. The van der Waals surface area contributed by atoms with Crippen LogP contribution in [0.15, 0.2) is 36.4 Å². The van der Waals surface area contributed by atoms with Crippen LogP contribution in [0.2, 0.25) is 0 Å². The summed E-state index contributed by atoms with van der Waals surface area (Å²) in [5, 5.41) is 0. The smallest absolute Gasteiger partial charge is 0.223 e. The molecule has 0 radical (unpaired) electrons. The summed E-state index contributed by atoms with van der Waals surface area (Å²) in [6.45, 7) is 1.85. The maximum absolute atomic E-state index is 12.6. The number of nitrogens with zero attached hydrogens (tertiary/aromatic N) is 2. The Labute approximate surface area is 165 Å². The zero-order chi connectivity index (χ0) is 19.3. The van der Waals surface area contributed by atoms with Crippen LogP contribution in [0.4, 0.5) is 5.69 Å². The monoisotopic (exact) mass is 378 g/mol.